The summed E-state index contributed by atoms with van der Waals surface area (Å²) in [5.74, 6) is 0.481. The first-order chi connectivity index (χ1) is 8.06. The number of carbonyl (C=O) groups is 1. The summed E-state index contributed by atoms with van der Waals surface area (Å²) in [5.41, 5.74) is 5.57. The number of aromatic nitrogens is 2. The van der Waals surface area contributed by atoms with E-state index in [-0.39, 0.29) is 34.9 Å². The molecular weight excluding hydrogens is 275 g/mol. The summed E-state index contributed by atoms with van der Waals surface area (Å²) in [6.07, 6.45) is 2.19. The fourth-order valence-electron chi connectivity index (χ4n) is 1.21. The molecule has 0 unspecified atom stereocenters. The van der Waals surface area contributed by atoms with Crippen LogP contribution < -0.4 is 11.1 Å². The van der Waals surface area contributed by atoms with E-state index >= 15 is 0 Å². The number of halogens is 2. The van der Waals surface area contributed by atoms with Gasteiger partial charge in [0.2, 0.25) is 0 Å². The van der Waals surface area contributed by atoms with Crippen LogP contribution in [0.4, 0.5) is 0 Å². The van der Waals surface area contributed by atoms with Gasteiger partial charge in [-0.3, -0.25) is 4.79 Å². The van der Waals surface area contributed by atoms with Gasteiger partial charge in [0, 0.05) is 12.5 Å². The lowest BCUT2D eigenvalue weighted by Crippen LogP contribution is -2.27. The lowest BCUT2D eigenvalue weighted by Gasteiger charge is -2.08. The lowest BCUT2D eigenvalue weighted by atomic mass is 10.2. The Balaban J connectivity index is 0.00000289. The number of rotatable bonds is 5. The molecule has 0 aliphatic carbocycles. The molecule has 7 heteroatoms. The number of nitrogens with one attached hydrogen (secondary N) is 1. The number of amides is 1. The van der Waals surface area contributed by atoms with Gasteiger partial charge in [0.25, 0.3) is 5.91 Å². The molecule has 3 N–H and O–H groups in total. The van der Waals surface area contributed by atoms with Crippen LogP contribution in [-0.4, -0.2) is 29.0 Å². The minimum Gasteiger partial charge on any atom is -0.351 e. The molecule has 0 atom stereocenters. The number of carbonyl (C=O) groups excluding carboxylic acids is 1. The van der Waals surface area contributed by atoms with Crippen molar-refractivity contribution in [3.63, 3.8) is 0 Å². The average molecular weight is 293 g/mol. The van der Waals surface area contributed by atoms with Crippen molar-refractivity contribution in [3.8, 4) is 0 Å². The van der Waals surface area contributed by atoms with Crippen molar-refractivity contribution < 1.29 is 4.79 Å². The highest BCUT2D eigenvalue weighted by Crippen LogP contribution is 2.16. The largest absolute Gasteiger partial charge is 0.351 e. The number of hydrogen-bond donors (Lipinski definition) is 2. The molecule has 0 bridgehead atoms. The van der Waals surface area contributed by atoms with Crippen molar-refractivity contribution in [2.75, 3.05) is 13.1 Å². The molecule has 0 aliphatic rings. The summed E-state index contributed by atoms with van der Waals surface area (Å²) in [7, 11) is 0. The van der Waals surface area contributed by atoms with E-state index in [0.29, 0.717) is 18.9 Å². The van der Waals surface area contributed by atoms with Crippen molar-refractivity contribution in [2.45, 2.75) is 26.2 Å². The van der Waals surface area contributed by atoms with Gasteiger partial charge in [-0.1, -0.05) is 25.4 Å². The van der Waals surface area contributed by atoms with E-state index in [1.807, 2.05) is 13.8 Å². The molecule has 18 heavy (non-hydrogen) atoms. The van der Waals surface area contributed by atoms with Crippen LogP contribution in [0.2, 0.25) is 5.02 Å². The Morgan fingerprint density at radius 3 is 2.78 bits per heavy atom. The van der Waals surface area contributed by atoms with E-state index in [2.05, 4.69) is 15.3 Å². The molecule has 1 rings (SSSR count). The van der Waals surface area contributed by atoms with Crippen molar-refractivity contribution in [1.82, 2.24) is 15.3 Å². The Morgan fingerprint density at radius 1 is 1.56 bits per heavy atom. The van der Waals surface area contributed by atoms with Crippen LogP contribution in [0.1, 0.15) is 42.5 Å². The summed E-state index contributed by atoms with van der Waals surface area (Å²) in [5, 5.41) is 2.98. The topological polar surface area (TPSA) is 80.9 Å². The molecule has 5 nitrogen and oxygen atoms in total. The maximum atomic E-state index is 11.8. The number of nitrogens with two attached hydrogens (primary N) is 1. The molecule has 0 fully saturated rings. The molecule has 1 amide bonds. The van der Waals surface area contributed by atoms with Crippen LogP contribution in [-0.2, 0) is 0 Å². The number of hydrogen-bond acceptors (Lipinski definition) is 4. The predicted molar refractivity (Wildman–Crippen MR) is 74.4 cm³/mol. The third-order valence-electron chi connectivity index (χ3n) is 2.16. The highest BCUT2D eigenvalue weighted by atomic mass is 35.5. The van der Waals surface area contributed by atoms with Gasteiger partial charge in [-0.05, 0) is 13.0 Å². The van der Waals surface area contributed by atoms with E-state index < -0.39 is 0 Å². The first kappa shape index (κ1) is 17.1. The second-order valence-electron chi connectivity index (χ2n) is 3.98. The minimum atomic E-state index is -0.284. The van der Waals surface area contributed by atoms with E-state index in [1.165, 1.54) is 6.20 Å². The molecule has 0 saturated heterocycles. The second kappa shape index (κ2) is 8.24. The highest BCUT2D eigenvalue weighted by Gasteiger charge is 2.14. The predicted octanol–water partition coefficient (Wildman–Crippen LogP) is 1.75. The van der Waals surface area contributed by atoms with Gasteiger partial charge in [0.1, 0.15) is 11.5 Å². The van der Waals surface area contributed by atoms with Gasteiger partial charge in [0.05, 0.1) is 11.2 Å². The van der Waals surface area contributed by atoms with Crippen LogP contribution in [0.25, 0.3) is 0 Å². The van der Waals surface area contributed by atoms with Gasteiger partial charge in [-0.25, -0.2) is 9.97 Å². The summed E-state index contributed by atoms with van der Waals surface area (Å²) in [6.45, 7) is 4.97. The number of nitrogens with zero attached hydrogens (tertiary/aromatic N) is 2. The van der Waals surface area contributed by atoms with Crippen molar-refractivity contribution in [3.05, 3.63) is 22.7 Å². The van der Waals surface area contributed by atoms with E-state index in [0.717, 1.165) is 6.42 Å². The fraction of sp³-hybridized carbons (Fsp3) is 0.545. The molecule has 102 valence electrons. The zero-order valence-corrected chi connectivity index (χ0v) is 12.0. The normalized spacial score (nSPS) is 10.1. The summed E-state index contributed by atoms with van der Waals surface area (Å²) < 4.78 is 0. The third kappa shape index (κ3) is 4.76. The van der Waals surface area contributed by atoms with E-state index in [1.54, 1.807) is 0 Å². The Morgan fingerprint density at radius 2 is 2.22 bits per heavy atom. The summed E-state index contributed by atoms with van der Waals surface area (Å²) >= 11 is 5.90. The molecular formula is C11H18Cl2N4O. The molecule has 1 aromatic heterocycles. The third-order valence-corrected chi connectivity index (χ3v) is 2.44. The van der Waals surface area contributed by atoms with Crippen molar-refractivity contribution >= 4 is 29.9 Å². The highest BCUT2D eigenvalue weighted by molar-refractivity contribution is 6.33. The maximum absolute atomic E-state index is 11.8. The van der Waals surface area contributed by atoms with Crippen LogP contribution in [0.15, 0.2) is 6.20 Å². The smallest absolute Gasteiger partial charge is 0.271 e. The molecule has 0 saturated carbocycles. The van der Waals surface area contributed by atoms with Gasteiger partial charge in [-0.2, -0.15) is 0 Å². The molecule has 0 aliphatic heterocycles. The Bertz CT molecular complexity index is 399. The van der Waals surface area contributed by atoms with Crippen LogP contribution in [0, 0.1) is 0 Å². The molecule has 1 aromatic rings. The quantitative estimate of drug-likeness (QED) is 0.810. The Hall–Kier alpha value is -0.910. The SMILES string of the molecule is CC(C)c1ncc(Cl)c(C(=O)NCCCN)n1.Cl. The molecule has 0 aromatic carbocycles. The first-order valence-electron chi connectivity index (χ1n) is 5.57. The zero-order valence-electron chi connectivity index (χ0n) is 10.4. The average Bonchev–Trinajstić information content (AvgIpc) is 2.29. The monoisotopic (exact) mass is 292 g/mol. The van der Waals surface area contributed by atoms with E-state index in [4.69, 9.17) is 17.3 Å². The lowest BCUT2D eigenvalue weighted by molar-refractivity contribution is 0.0948. The van der Waals surface area contributed by atoms with Crippen LogP contribution in [0.3, 0.4) is 0 Å². The van der Waals surface area contributed by atoms with Gasteiger partial charge >= 0.3 is 0 Å². The van der Waals surface area contributed by atoms with Crippen LogP contribution in [0.5, 0.6) is 0 Å². The second-order valence-corrected chi connectivity index (χ2v) is 4.38. The molecule has 0 radical (unpaired) electrons. The Labute approximate surface area is 118 Å². The van der Waals surface area contributed by atoms with Gasteiger partial charge in [0.15, 0.2) is 0 Å². The minimum absolute atomic E-state index is 0. The maximum Gasteiger partial charge on any atom is 0.271 e. The standard InChI is InChI=1S/C11H17ClN4O.ClH/c1-7(2)10-15-6-8(12)9(16-10)11(17)14-5-3-4-13;/h6-7H,3-5,13H2,1-2H3,(H,14,17);1H. The van der Waals surface area contributed by atoms with Gasteiger partial charge in [-0.15, -0.1) is 12.4 Å². The van der Waals surface area contributed by atoms with Gasteiger partial charge < -0.3 is 11.1 Å². The molecule has 0 spiro atoms. The fourth-order valence-corrected chi connectivity index (χ4v) is 1.38. The zero-order chi connectivity index (χ0) is 12.8. The van der Waals surface area contributed by atoms with Crippen molar-refractivity contribution in [2.24, 2.45) is 5.73 Å². The van der Waals surface area contributed by atoms with Crippen molar-refractivity contribution in [1.29, 1.82) is 0 Å². The molecule has 1 heterocycles. The van der Waals surface area contributed by atoms with Crippen LogP contribution >= 0.6 is 24.0 Å². The first-order valence-corrected chi connectivity index (χ1v) is 5.94. The Kier molecular flexibility index (Phi) is 7.82. The van der Waals surface area contributed by atoms with E-state index in [9.17, 15) is 4.79 Å². The summed E-state index contributed by atoms with van der Waals surface area (Å²) in [6, 6.07) is 0. The summed E-state index contributed by atoms with van der Waals surface area (Å²) in [4.78, 5) is 20.0.